The molecule has 0 aliphatic rings. The standard InChI is InChI=1S/C8H9F3N2O2S/c1-16(14,15)13-4-6-2-7(5-12-3-6)8(9,10)11/h2-3,5,13H,4H2,1H3. The van der Waals surface area contributed by atoms with Gasteiger partial charge in [0.1, 0.15) is 0 Å². The van der Waals surface area contributed by atoms with E-state index < -0.39 is 21.8 Å². The van der Waals surface area contributed by atoms with Gasteiger partial charge in [-0.05, 0) is 11.6 Å². The summed E-state index contributed by atoms with van der Waals surface area (Å²) in [6.45, 7) is -0.213. The molecule has 1 aromatic rings. The number of rotatable bonds is 3. The van der Waals surface area contributed by atoms with E-state index in [1.54, 1.807) is 0 Å². The van der Waals surface area contributed by atoms with Crippen LogP contribution in [0.25, 0.3) is 0 Å². The van der Waals surface area contributed by atoms with Gasteiger partial charge in [-0.25, -0.2) is 13.1 Å². The molecule has 0 aromatic carbocycles. The molecule has 0 spiro atoms. The lowest BCUT2D eigenvalue weighted by molar-refractivity contribution is -0.137. The van der Waals surface area contributed by atoms with Crippen LogP contribution in [-0.4, -0.2) is 19.7 Å². The molecule has 0 unspecified atom stereocenters. The van der Waals surface area contributed by atoms with Crippen molar-refractivity contribution in [3.05, 3.63) is 29.6 Å². The Morgan fingerprint density at radius 2 is 2.00 bits per heavy atom. The Morgan fingerprint density at radius 3 is 2.50 bits per heavy atom. The molecule has 1 heterocycles. The van der Waals surface area contributed by atoms with Gasteiger partial charge in [-0.15, -0.1) is 0 Å². The topological polar surface area (TPSA) is 59.1 Å². The van der Waals surface area contributed by atoms with Crippen LogP contribution in [0.2, 0.25) is 0 Å². The van der Waals surface area contributed by atoms with Crippen molar-refractivity contribution in [2.75, 3.05) is 6.26 Å². The maximum atomic E-state index is 12.3. The van der Waals surface area contributed by atoms with Crippen molar-refractivity contribution in [2.45, 2.75) is 12.7 Å². The smallest absolute Gasteiger partial charge is 0.264 e. The monoisotopic (exact) mass is 254 g/mol. The minimum absolute atomic E-state index is 0.153. The fourth-order valence-corrected chi connectivity index (χ4v) is 1.38. The highest BCUT2D eigenvalue weighted by atomic mass is 32.2. The van der Waals surface area contributed by atoms with Crippen LogP contribution in [-0.2, 0) is 22.7 Å². The van der Waals surface area contributed by atoms with Crippen molar-refractivity contribution in [1.82, 2.24) is 9.71 Å². The molecule has 1 rings (SSSR count). The lowest BCUT2D eigenvalue weighted by Crippen LogP contribution is -2.21. The maximum Gasteiger partial charge on any atom is 0.417 e. The van der Waals surface area contributed by atoms with Crippen LogP contribution in [0.4, 0.5) is 13.2 Å². The Kier molecular flexibility index (Phi) is 3.54. The Labute approximate surface area is 90.6 Å². The van der Waals surface area contributed by atoms with Gasteiger partial charge < -0.3 is 0 Å². The first-order valence-electron chi connectivity index (χ1n) is 4.14. The van der Waals surface area contributed by atoms with E-state index in [1.165, 1.54) is 6.20 Å². The average Bonchev–Trinajstić information content (AvgIpc) is 2.13. The molecule has 0 fully saturated rings. The van der Waals surface area contributed by atoms with E-state index >= 15 is 0 Å². The Bertz CT molecular complexity index is 470. The van der Waals surface area contributed by atoms with Crippen molar-refractivity contribution >= 4 is 10.0 Å². The first kappa shape index (κ1) is 12.9. The minimum atomic E-state index is -4.48. The summed E-state index contributed by atoms with van der Waals surface area (Å²) in [6.07, 6.45) is -1.69. The Morgan fingerprint density at radius 1 is 1.38 bits per heavy atom. The molecule has 0 bridgehead atoms. The zero-order valence-electron chi connectivity index (χ0n) is 8.25. The van der Waals surface area contributed by atoms with Gasteiger partial charge in [0.25, 0.3) is 0 Å². The van der Waals surface area contributed by atoms with Crippen molar-refractivity contribution < 1.29 is 21.6 Å². The van der Waals surface area contributed by atoms with Gasteiger partial charge in [-0.1, -0.05) is 0 Å². The Balaban J connectivity index is 2.84. The molecular weight excluding hydrogens is 245 g/mol. The molecule has 0 amide bonds. The number of halogens is 3. The minimum Gasteiger partial charge on any atom is -0.264 e. The van der Waals surface area contributed by atoms with Crippen molar-refractivity contribution in [3.8, 4) is 0 Å². The normalized spacial score (nSPS) is 12.8. The van der Waals surface area contributed by atoms with Crippen molar-refractivity contribution in [3.63, 3.8) is 0 Å². The largest absolute Gasteiger partial charge is 0.417 e. The van der Waals surface area contributed by atoms with Gasteiger partial charge in [0, 0.05) is 18.9 Å². The van der Waals surface area contributed by atoms with E-state index in [0.29, 0.717) is 6.20 Å². The van der Waals surface area contributed by atoms with Crippen LogP contribution in [0, 0.1) is 0 Å². The molecule has 0 atom stereocenters. The third-order valence-electron chi connectivity index (χ3n) is 1.66. The second kappa shape index (κ2) is 4.38. The molecule has 0 aliphatic carbocycles. The van der Waals surface area contributed by atoms with Gasteiger partial charge in [0.15, 0.2) is 0 Å². The number of hydrogen-bond donors (Lipinski definition) is 1. The summed E-state index contributed by atoms with van der Waals surface area (Å²) in [7, 11) is -3.43. The molecule has 90 valence electrons. The maximum absolute atomic E-state index is 12.3. The number of sulfonamides is 1. The summed E-state index contributed by atoms with van der Waals surface area (Å²) in [5.74, 6) is 0. The van der Waals surface area contributed by atoms with E-state index in [0.717, 1.165) is 12.3 Å². The molecule has 1 aromatic heterocycles. The summed E-state index contributed by atoms with van der Waals surface area (Å²) in [6, 6.07) is 0.852. The molecule has 0 aliphatic heterocycles. The van der Waals surface area contributed by atoms with Crippen molar-refractivity contribution in [1.29, 1.82) is 0 Å². The highest BCUT2D eigenvalue weighted by Crippen LogP contribution is 2.28. The fourth-order valence-electron chi connectivity index (χ4n) is 0.954. The lowest BCUT2D eigenvalue weighted by atomic mass is 10.2. The van der Waals surface area contributed by atoms with Crippen molar-refractivity contribution in [2.24, 2.45) is 0 Å². The van der Waals surface area contributed by atoms with E-state index in [4.69, 9.17) is 0 Å². The molecule has 1 N–H and O–H groups in total. The first-order chi connectivity index (χ1) is 7.18. The molecule has 16 heavy (non-hydrogen) atoms. The number of alkyl halides is 3. The van der Waals surface area contributed by atoms with Crippen LogP contribution in [0.1, 0.15) is 11.1 Å². The highest BCUT2D eigenvalue weighted by molar-refractivity contribution is 7.88. The molecule has 0 radical (unpaired) electrons. The quantitative estimate of drug-likeness (QED) is 0.880. The summed E-state index contributed by atoms with van der Waals surface area (Å²) in [5, 5.41) is 0. The molecule has 4 nitrogen and oxygen atoms in total. The second-order valence-corrected chi connectivity index (χ2v) is 5.01. The number of nitrogens with one attached hydrogen (secondary N) is 1. The predicted molar refractivity (Wildman–Crippen MR) is 50.9 cm³/mol. The molecule has 8 heteroatoms. The van der Waals surface area contributed by atoms with E-state index in [9.17, 15) is 21.6 Å². The Hall–Kier alpha value is -1.15. The summed E-state index contributed by atoms with van der Waals surface area (Å²) < 4.78 is 60.3. The molecule has 0 saturated carbocycles. The third-order valence-corrected chi connectivity index (χ3v) is 2.33. The van der Waals surface area contributed by atoms with Crippen LogP contribution in [0.3, 0.4) is 0 Å². The average molecular weight is 254 g/mol. The van der Waals surface area contributed by atoms with Gasteiger partial charge in [-0.3, -0.25) is 4.98 Å². The summed E-state index contributed by atoms with van der Waals surface area (Å²) >= 11 is 0. The lowest BCUT2D eigenvalue weighted by Gasteiger charge is -2.08. The van der Waals surface area contributed by atoms with E-state index in [1.807, 2.05) is 0 Å². The summed E-state index contributed by atoms with van der Waals surface area (Å²) in [5.41, 5.74) is -0.749. The van der Waals surface area contributed by atoms with Crippen LogP contribution in [0.5, 0.6) is 0 Å². The number of hydrogen-bond acceptors (Lipinski definition) is 3. The second-order valence-electron chi connectivity index (χ2n) is 3.17. The predicted octanol–water partition coefficient (Wildman–Crippen LogP) is 1.15. The van der Waals surface area contributed by atoms with Gasteiger partial charge in [-0.2, -0.15) is 13.2 Å². The van der Waals surface area contributed by atoms with Crippen LogP contribution in [0.15, 0.2) is 18.5 Å². The van der Waals surface area contributed by atoms with E-state index in [2.05, 4.69) is 9.71 Å². The van der Waals surface area contributed by atoms with Gasteiger partial charge in [0.2, 0.25) is 10.0 Å². The number of pyridine rings is 1. The van der Waals surface area contributed by atoms with Gasteiger partial charge >= 0.3 is 6.18 Å². The third kappa shape index (κ3) is 4.15. The van der Waals surface area contributed by atoms with E-state index in [-0.39, 0.29) is 12.1 Å². The fraction of sp³-hybridized carbons (Fsp3) is 0.375. The highest BCUT2D eigenvalue weighted by Gasteiger charge is 2.30. The molecular formula is C8H9F3N2O2S. The van der Waals surface area contributed by atoms with Crippen LogP contribution >= 0.6 is 0 Å². The number of aromatic nitrogens is 1. The number of nitrogens with zero attached hydrogens (tertiary/aromatic N) is 1. The first-order valence-corrected chi connectivity index (χ1v) is 6.03. The zero-order chi connectivity index (χ0) is 12.4. The van der Waals surface area contributed by atoms with Crippen LogP contribution < -0.4 is 4.72 Å². The zero-order valence-corrected chi connectivity index (χ0v) is 9.06. The SMILES string of the molecule is CS(=O)(=O)NCc1cncc(C(F)(F)F)c1. The summed E-state index contributed by atoms with van der Waals surface area (Å²) in [4.78, 5) is 3.40. The molecule has 0 saturated heterocycles. The van der Waals surface area contributed by atoms with Gasteiger partial charge in [0.05, 0.1) is 11.8 Å².